The number of methoxy groups -OCH3 is 2. The second kappa shape index (κ2) is 7.40. The Morgan fingerprint density at radius 2 is 1.95 bits per heavy atom. The van der Waals surface area contributed by atoms with Crippen LogP contribution in [0, 0.1) is 0 Å². The summed E-state index contributed by atoms with van der Waals surface area (Å²) in [5.41, 5.74) is 1.97. The van der Waals surface area contributed by atoms with Crippen molar-refractivity contribution in [3.63, 3.8) is 0 Å². The summed E-state index contributed by atoms with van der Waals surface area (Å²) in [5, 5.41) is 7.57. The van der Waals surface area contributed by atoms with Crippen LogP contribution >= 0.6 is 11.6 Å². The Hall–Kier alpha value is -1.89. The summed E-state index contributed by atoms with van der Waals surface area (Å²) >= 11 is 5.86. The van der Waals surface area contributed by atoms with E-state index in [2.05, 4.69) is 10.2 Å². The molecule has 1 aromatic heterocycles. The van der Waals surface area contributed by atoms with E-state index in [0.29, 0.717) is 23.0 Å². The van der Waals surface area contributed by atoms with Gasteiger partial charge in [-0.05, 0) is 18.2 Å². The van der Waals surface area contributed by atoms with Gasteiger partial charge < -0.3 is 14.4 Å². The molecule has 1 N–H and O–H groups in total. The molecule has 0 saturated carbocycles. The Bertz CT molecular complexity index is 623. The molecule has 118 valence electrons. The molecular weight excluding hydrogens is 306 g/mol. The lowest BCUT2D eigenvalue weighted by molar-refractivity contribution is -0.110. The summed E-state index contributed by atoms with van der Waals surface area (Å²) in [4.78, 5) is 13.8. The number of hydrogen-bond donors (Lipinski definition) is 1. The van der Waals surface area contributed by atoms with Gasteiger partial charge in [0.05, 0.1) is 12.2 Å². The smallest absolute Gasteiger partial charge is 0.271 e. The fourth-order valence-corrected chi connectivity index (χ4v) is 2.08. The standard InChI is InChI=1S/C15H18ClN3O3/c1-19(9-14(21-2)22-3)15(20)13-8-12(17-18-13)10-4-6-11(16)7-5-10/h4-8,14H,9H2,1-3H3,(H,17,18). The fraction of sp³-hybridized carbons (Fsp3) is 0.333. The maximum Gasteiger partial charge on any atom is 0.271 e. The molecule has 1 heterocycles. The van der Waals surface area contributed by atoms with Gasteiger partial charge in [-0.2, -0.15) is 5.10 Å². The largest absolute Gasteiger partial charge is 0.354 e. The molecule has 0 radical (unpaired) electrons. The van der Waals surface area contributed by atoms with Gasteiger partial charge >= 0.3 is 0 Å². The number of aromatic amines is 1. The van der Waals surface area contributed by atoms with Crippen LogP contribution in [0.25, 0.3) is 11.3 Å². The van der Waals surface area contributed by atoms with Crippen LogP contribution in [0.3, 0.4) is 0 Å². The van der Waals surface area contributed by atoms with Crippen molar-refractivity contribution in [3.05, 3.63) is 41.0 Å². The van der Waals surface area contributed by atoms with Crippen molar-refractivity contribution in [2.24, 2.45) is 0 Å². The number of carbonyl (C=O) groups excluding carboxylic acids is 1. The number of aromatic nitrogens is 2. The number of nitrogens with zero attached hydrogens (tertiary/aromatic N) is 2. The molecule has 22 heavy (non-hydrogen) atoms. The topological polar surface area (TPSA) is 67.5 Å². The van der Waals surface area contributed by atoms with Gasteiger partial charge in [0, 0.05) is 31.9 Å². The Kier molecular flexibility index (Phi) is 5.54. The van der Waals surface area contributed by atoms with E-state index in [-0.39, 0.29) is 5.91 Å². The Labute approximate surface area is 134 Å². The predicted octanol–water partition coefficient (Wildman–Crippen LogP) is 2.42. The second-order valence-corrected chi connectivity index (χ2v) is 5.20. The number of benzene rings is 1. The molecule has 2 rings (SSSR count). The van der Waals surface area contributed by atoms with Crippen LogP contribution < -0.4 is 0 Å². The first-order chi connectivity index (χ1) is 10.5. The van der Waals surface area contributed by atoms with E-state index in [4.69, 9.17) is 21.1 Å². The van der Waals surface area contributed by atoms with Gasteiger partial charge in [0.25, 0.3) is 5.91 Å². The molecule has 0 atom stereocenters. The Balaban J connectivity index is 2.10. The first-order valence-corrected chi connectivity index (χ1v) is 7.05. The molecule has 1 aromatic carbocycles. The highest BCUT2D eigenvalue weighted by Crippen LogP contribution is 2.20. The summed E-state index contributed by atoms with van der Waals surface area (Å²) < 4.78 is 10.2. The van der Waals surface area contributed by atoms with Gasteiger partial charge in [0.1, 0.15) is 5.69 Å². The van der Waals surface area contributed by atoms with Gasteiger partial charge in [-0.1, -0.05) is 23.7 Å². The number of likely N-dealkylation sites (N-methyl/N-ethyl adjacent to an activating group) is 1. The number of halogens is 1. The molecule has 0 saturated heterocycles. The lowest BCUT2D eigenvalue weighted by atomic mass is 10.1. The van der Waals surface area contributed by atoms with E-state index in [0.717, 1.165) is 5.56 Å². The molecule has 1 amide bonds. The summed E-state index contributed by atoms with van der Waals surface area (Å²) in [7, 11) is 4.73. The molecular formula is C15H18ClN3O3. The predicted molar refractivity (Wildman–Crippen MR) is 83.8 cm³/mol. The minimum absolute atomic E-state index is 0.188. The van der Waals surface area contributed by atoms with Crippen molar-refractivity contribution in [1.82, 2.24) is 15.1 Å². The van der Waals surface area contributed by atoms with Crippen LogP contribution in [-0.4, -0.2) is 55.1 Å². The summed E-state index contributed by atoms with van der Waals surface area (Å²) in [6.45, 7) is 0.321. The van der Waals surface area contributed by atoms with Gasteiger partial charge in [-0.25, -0.2) is 0 Å². The first kappa shape index (κ1) is 16.5. The molecule has 0 spiro atoms. The van der Waals surface area contributed by atoms with E-state index >= 15 is 0 Å². The molecule has 6 nitrogen and oxygen atoms in total. The number of nitrogens with one attached hydrogen (secondary N) is 1. The third-order valence-electron chi connectivity index (χ3n) is 3.24. The van der Waals surface area contributed by atoms with Crippen LogP contribution in [0.5, 0.6) is 0 Å². The van der Waals surface area contributed by atoms with Gasteiger partial charge in [0.2, 0.25) is 0 Å². The van der Waals surface area contributed by atoms with E-state index in [1.807, 2.05) is 12.1 Å². The van der Waals surface area contributed by atoms with Gasteiger partial charge in [0.15, 0.2) is 6.29 Å². The van der Waals surface area contributed by atoms with Crippen LogP contribution in [-0.2, 0) is 9.47 Å². The number of rotatable bonds is 6. The van der Waals surface area contributed by atoms with Crippen molar-refractivity contribution in [3.8, 4) is 11.3 Å². The van der Waals surface area contributed by atoms with E-state index in [1.165, 1.54) is 19.1 Å². The third-order valence-corrected chi connectivity index (χ3v) is 3.50. The second-order valence-electron chi connectivity index (χ2n) is 4.76. The maximum atomic E-state index is 12.3. The Morgan fingerprint density at radius 3 is 2.55 bits per heavy atom. The minimum Gasteiger partial charge on any atom is -0.354 e. The van der Waals surface area contributed by atoms with E-state index in [1.54, 1.807) is 25.2 Å². The van der Waals surface area contributed by atoms with Crippen molar-refractivity contribution in [2.75, 3.05) is 27.8 Å². The van der Waals surface area contributed by atoms with Crippen LogP contribution in [0.4, 0.5) is 0 Å². The lowest BCUT2D eigenvalue weighted by Crippen LogP contribution is -2.36. The number of H-pyrrole nitrogens is 1. The zero-order valence-corrected chi connectivity index (χ0v) is 13.4. The summed E-state index contributed by atoms with van der Waals surface area (Å²) in [6, 6.07) is 8.96. The van der Waals surface area contributed by atoms with Crippen molar-refractivity contribution < 1.29 is 14.3 Å². The van der Waals surface area contributed by atoms with Gasteiger partial charge in [-0.15, -0.1) is 0 Å². The summed E-state index contributed by atoms with van der Waals surface area (Å²) in [5.74, 6) is -0.188. The highest BCUT2D eigenvalue weighted by Gasteiger charge is 2.18. The quantitative estimate of drug-likeness (QED) is 0.829. The normalized spacial score (nSPS) is 11.0. The molecule has 0 fully saturated rings. The van der Waals surface area contributed by atoms with Crippen LogP contribution in [0.1, 0.15) is 10.5 Å². The molecule has 0 aliphatic carbocycles. The van der Waals surface area contributed by atoms with E-state index in [9.17, 15) is 4.79 Å². The van der Waals surface area contributed by atoms with Crippen molar-refractivity contribution >= 4 is 17.5 Å². The molecule has 0 bridgehead atoms. The zero-order chi connectivity index (χ0) is 16.1. The maximum absolute atomic E-state index is 12.3. The van der Waals surface area contributed by atoms with Crippen molar-refractivity contribution in [1.29, 1.82) is 0 Å². The average molecular weight is 324 g/mol. The molecule has 2 aromatic rings. The highest BCUT2D eigenvalue weighted by molar-refractivity contribution is 6.30. The first-order valence-electron chi connectivity index (χ1n) is 6.67. The average Bonchev–Trinajstić information content (AvgIpc) is 3.02. The van der Waals surface area contributed by atoms with Gasteiger partial charge in [-0.3, -0.25) is 9.89 Å². The molecule has 0 aliphatic heterocycles. The minimum atomic E-state index is -0.465. The number of carbonyl (C=O) groups is 1. The number of hydrogen-bond acceptors (Lipinski definition) is 4. The van der Waals surface area contributed by atoms with Crippen molar-refractivity contribution in [2.45, 2.75) is 6.29 Å². The molecule has 0 unspecified atom stereocenters. The molecule has 7 heteroatoms. The van der Waals surface area contributed by atoms with Crippen LogP contribution in [0.15, 0.2) is 30.3 Å². The SMILES string of the molecule is COC(CN(C)C(=O)c1cc(-c2ccc(Cl)cc2)n[nH]1)OC. The number of ether oxygens (including phenoxy) is 2. The number of amides is 1. The fourth-order valence-electron chi connectivity index (χ4n) is 1.96. The Morgan fingerprint density at radius 1 is 1.32 bits per heavy atom. The molecule has 0 aliphatic rings. The van der Waals surface area contributed by atoms with E-state index < -0.39 is 6.29 Å². The third kappa shape index (κ3) is 3.85. The lowest BCUT2D eigenvalue weighted by Gasteiger charge is -2.21. The zero-order valence-electron chi connectivity index (χ0n) is 12.7. The highest BCUT2D eigenvalue weighted by atomic mass is 35.5. The summed E-state index contributed by atoms with van der Waals surface area (Å²) in [6.07, 6.45) is -0.465. The monoisotopic (exact) mass is 323 g/mol. The van der Waals surface area contributed by atoms with Crippen LogP contribution in [0.2, 0.25) is 5.02 Å².